The average Bonchev–Trinajstić information content (AvgIpc) is 2.54. The van der Waals surface area contributed by atoms with Crippen LogP contribution in [0.3, 0.4) is 0 Å². The molecule has 2 rings (SSSR count). The highest BCUT2D eigenvalue weighted by Crippen LogP contribution is 2.31. The summed E-state index contributed by atoms with van der Waals surface area (Å²) >= 11 is -2.70. The Morgan fingerprint density at radius 1 is 1.24 bits per heavy atom. The van der Waals surface area contributed by atoms with Crippen LogP contribution < -0.4 is 0 Å². The van der Waals surface area contributed by atoms with E-state index in [1.54, 1.807) is 24.3 Å². The normalized spacial score (nSPS) is 29.0. The van der Waals surface area contributed by atoms with Crippen LogP contribution in [0.1, 0.15) is 11.5 Å². The van der Waals surface area contributed by atoms with Gasteiger partial charge in [-0.15, -0.1) is 0 Å². The first kappa shape index (κ1) is 12.7. The molecular weight excluding hydrogens is 264 g/mol. The zero-order valence-corrected chi connectivity index (χ0v) is 10.4. The van der Waals surface area contributed by atoms with Crippen molar-refractivity contribution in [3.05, 3.63) is 35.9 Å². The lowest BCUT2D eigenvalue weighted by molar-refractivity contribution is 0.206. The van der Waals surface area contributed by atoms with Gasteiger partial charge in [-0.2, -0.15) is 0 Å². The van der Waals surface area contributed by atoms with E-state index < -0.39 is 33.2 Å². The Hall–Kier alpha value is -0.760. The smallest absolute Gasteiger partial charge is 0.153 e. The van der Waals surface area contributed by atoms with Crippen molar-refractivity contribution in [3.8, 4) is 0 Å². The standard InChI is InChI=1S/C10H12O5S2/c11-16(12)15-10-7-17(13,14)6-9(10)8-4-2-1-3-5-8/h1-5,9-10H,6-7H2,(H,11,12)/p-1/t9-,10-/m1/s1. The van der Waals surface area contributed by atoms with Crippen molar-refractivity contribution in [1.29, 1.82) is 0 Å². The summed E-state index contributed by atoms with van der Waals surface area (Å²) in [5.74, 6) is -0.738. The predicted molar refractivity (Wildman–Crippen MR) is 61.6 cm³/mol. The molecule has 1 aromatic rings. The first-order valence-electron chi connectivity index (χ1n) is 5.00. The molecule has 7 heteroatoms. The lowest BCUT2D eigenvalue weighted by Crippen LogP contribution is -2.22. The number of rotatable bonds is 3. The van der Waals surface area contributed by atoms with E-state index in [0.29, 0.717) is 0 Å². The number of hydrogen-bond donors (Lipinski definition) is 0. The molecule has 5 nitrogen and oxygen atoms in total. The Bertz CT molecular complexity index is 511. The molecule has 0 aliphatic carbocycles. The van der Waals surface area contributed by atoms with E-state index in [0.717, 1.165) is 5.56 Å². The van der Waals surface area contributed by atoms with E-state index in [9.17, 15) is 17.2 Å². The van der Waals surface area contributed by atoms with Crippen molar-refractivity contribution in [2.75, 3.05) is 11.5 Å². The fraction of sp³-hybridized carbons (Fsp3) is 0.400. The Morgan fingerprint density at radius 2 is 1.88 bits per heavy atom. The Labute approximate surface area is 102 Å². The molecule has 1 unspecified atom stereocenters. The Balaban J connectivity index is 2.28. The molecule has 0 saturated carbocycles. The minimum absolute atomic E-state index is 0.0706. The second kappa shape index (κ2) is 4.85. The molecule has 1 aliphatic rings. The lowest BCUT2D eigenvalue weighted by atomic mass is 9.97. The largest absolute Gasteiger partial charge is 0.750 e. The maximum absolute atomic E-state index is 11.5. The highest BCUT2D eigenvalue weighted by molar-refractivity contribution is 7.91. The SMILES string of the molecule is O=S([O-])O[C@@H]1CS(=O)(=O)C[C@@H]1c1ccccc1. The monoisotopic (exact) mass is 275 g/mol. The van der Waals surface area contributed by atoms with Gasteiger partial charge in [0, 0.05) is 5.92 Å². The van der Waals surface area contributed by atoms with E-state index in [1.807, 2.05) is 6.07 Å². The zero-order chi connectivity index (χ0) is 12.5. The minimum Gasteiger partial charge on any atom is -0.750 e. The van der Waals surface area contributed by atoms with Crippen molar-refractivity contribution in [2.24, 2.45) is 0 Å². The Kier molecular flexibility index (Phi) is 3.62. The topological polar surface area (TPSA) is 83.5 Å². The van der Waals surface area contributed by atoms with Gasteiger partial charge in [0.1, 0.15) is 0 Å². The second-order valence-corrected chi connectivity index (χ2v) is 6.69. The van der Waals surface area contributed by atoms with Crippen LogP contribution in [-0.4, -0.2) is 34.8 Å². The zero-order valence-electron chi connectivity index (χ0n) is 8.81. The van der Waals surface area contributed by atoms with Gasteiger partial charge in [0.25, 0.3) is 0 Å². The van der Waals surface area contributed by atoms with Crippen molar-refractivity contribution in [3.63, 3.8) is 0 Å². The van der Waals surface area contributed by atoms with Gasteiger partial charge in [0.15, 0.2) is 9.84 Å². The third kappa shape index (κ3) is 3.12. The molecule has 1 heterocycles. The van der Waals surface area contributed by atoms with Crippen molar-refractivity contribution in [1.82, 2.24) is 0 Å². The fourth-order valence-electron chi connectivity index (χ4n) is 2.02. The van der Waals surface area contributed by atoms with Gasteiger partial charge in [-0.1, -0.05) is 30.3 Å². The van der Waals surface area contributed by atoms with Gasteiger partial charge in [-0.05, 0) is 5.56 Å². The number of benzene rings is 1. The van der Waals surface area contributed by atoms with Crippen molar-refractivity contribution < 1.29 is 21.4 Å². The van der Waals surface area contributed by atoms with E-state index >= 15 is 0 Å². The summed E-state index contributed by atoms with van der Waals surface area (Å²) in [6.07, 6.45) is -0.819. The lowest BCUT2D eigenvalue weighted by Gasteiger charge is -2.19. The molecule has 0 spiro atoms. The fourth-order valence-corrected chi connectivity index (χ4v) is 4.40. The summed E-state index contributed by atoms with van der Waals surface area (Å²) in [7, 11) is -3.24. The van der Waals surface area contributed by atoms with E-state index in [-0.39, 0.29) is 11.5 Å². The van der Waals surface area contributed by atoms with Gasteiger partial charge in [0.05, 0.1) is 29.0 Å². The molecule has 1 aliphatic heterocycles. The van der Waals surface area contributed by atoms with Gasteiger partial charge >= 0.3 is 0 Å². The molecule has 0 N–H and O–H groups in total. The quantitative estimate of drug-likeness (QED) is 0.745. The van der Waals surface area contributed by atoms with Crippen LogP contribution in [0.25, 0.3) is 0 Å². The summed E-state index contributed by atoms with van der Waals surface area (Å²) in [4.78, 5) is 0. The van der Waals surface area contributed by atoms with Crippen LogP contribution in [0.5, 0.6) is 0 Å². The van der Waals surface area contributed by atoms with E-state index in [4.69, 9.17) is 0 Å². The maximum atomic E-state index is 11.5. The van der Waals surface area contributed by atoms with Gasteiger partial charge < -0.3 is 4.55 Å². The predicted octanol–water partition coefficient (Wildman–Crippen LogP) is 0.378. The third-order valence-corrected chi connectivity index (χ3v) is 4.84. The number of sulfone groups is 1. The molecular formula is C10H11O5S2-. The minimum atomic E-state index is -3.24. The van der Waals surface area contributed by atoms with Crippen LogP contribution in [0.2, 0.25) is 0 Å². The molecule has 0 aromatic heterocycles. The van der Waals surface area contributed by atoms with Crippen LogP contribution in [-0.2, 0) is 25.4 Å². The van der Waals surface area contributed by atoms with Crippen molar-refractivity contribution >= 4 is 21.2 Å². The van der Waals surface area contributed by atoms with E-state index in [1.165, 1.54) is 0 Å². The average molecular weight is 275 g/mol. The maximum Gasteiger partial charge on any atom is 0.153 e. The molecule has 1 aromatic carbocycles. The van der Waals surface area contributed by atoms with Gasteiger partial charge in [0.2, 0.25) is 0 Å². The van der Waals surface area contributed by atoms with Crippen LogP contribution in [0, 0.1) is 0 Å². The summed E-state index contributed by atoms with van der Waals surface area (Å²) in [6, 6.07) is 8.93. The molecule has 0 amide bonds. The molecule has 3 atom stereocenters. The molecule has 17 heavy (non-hydrogen) atoms. The number of hydrogen-bond acceptors (Lipinski definition) is 5. The third-order valence-electron chi connectivity index (χ3n) is 2.73. The van der Waals surface area contributed by atoms with Gasteiger partial charge in [-0.3, -0.25) is 4.18 Å². The molecule has 1 fully saturated rings. The summed E-state index contributed by atoms with van der Waals surface area (Å²) in [6.45, 7) is 0. The summed E-state index contributed by atoms with van der Waals surface area (Å²) in [5, 5.41) is 0. The molecule has 94 valence electrons. The first-order chi connectivity index (χ1) is 7.98. The van der Waals surface area contributed by atoms with Crippen molar-refractivity contribution in [2.45, 2.75) is 12.0 Å². The first-order valence-corrected chi connectivity index (χ1v) is 7.82. The highest BCUT2D eigenvalue weighted by Gasteiger charge is 2.39. The van der Waals surface area contributed by atoms with Crippen LogP contribution in [0.4, 0.5) is 0 Å². The molecule has 1 saturated heterocycles. The summed E-state index contributed by atoms with van der Waals surface area (Å²) < 4.78 is 48.8. The van der Waals surface area contributed by atoms with Crippen LogP contribution in [0.15, 0.2) is 30.3 Å². The highest BCUT2D eigenvalue weighted by atomic mass is 32.2. The molecule has 0 radical (unpaired) electrons. The Morgan fingerprint density at radius 3 is 2.47 bits per heavy atom. The summed E-state index contributed by atoms with van der Waals surface area (Å²) in [5.41, 5.74) is 0.782. The van der Waals surface area contributed by atoms with Crippen LogP contribution >= 0.6 is 0 Å². The second-order valence-electron chi connectivity index (χ2n) is 3.93. The molecule has 0 bridgehead atoms. The van der Waals surface area contributed by atoms with E-state index in [2.05, 4.69) is 4.18 Å². The van der Waals surface area contributed by atoms with Gasteiger partial charge in [-0.25, -0.2) is 12.6 Å².